The highest BCUT2D eigenvalue weighted by Gasteiger charge is 2.22. The van der Waals surface area contributed by atoms with Crippen LogP contribution in [0.1, 0.15) is 19.4 Å². The van der Waals surface area contributed by atoms with Gasteiger partial charge < -0.3 is 16.2 Å². The fourth-order valence-electron chi connectivity index (χ4n) is 1.68. The molecule has 0 fully saturated rings. The van der Waals surface area contributed by atoms with Gasteiger partial charge in [-0.1, -0.05) is 6.92 Å². The van der Waals surface area contributed by atoms with Crippen LogP contribution in [0.3, 0.4) is 0 Å². The zero-order chi connectivity index (χ0) is 14.6. The lowest BCUT2D eigenvalue weighted by Gasteiger charge is -2.18. The van der Waals surface area contributed by atoms with Crippen molar-refractivity contribution in [2.45, 2.75) is 19.4 Å². The molecule has 1 rings (SSSR count). The smallest absolute Gasteiger partial charge is 0.255 e. The van der Waals surface area contributed by atoms with Crippen LogP contribution in [-0.2, 0) is 9.53 Å². The molecule has 1 amide bonds. The lowest BCUT2D eigenvalue weighted by Crippen LogP contribution is -2.21. The molecule has 0 aromatic carbocycles. The zero-order valence-corrected chi connectivity index (χ0v) is 10.7. The second-order valence-electron chi connectivity index (χ2n) is 3.81. The predicted octanol–water partition coefficient (Wildman–Crippen LogP) is 0.591. The summed E-state index contributed by atoms with van der Waals surface area (Å²) in [7, 11) is 1.29. The maximum Gasteiger partial charge on any atom is 0.255 e. The summed E-state index contributed by atoms with van der Waals surface area (Å²) in [5.41, 5.74) is 10.6. The van der Waals surface area contributed by atoms with Gasteiger partial charge in [-0.15, -0.1) is 5.10 Å². The molecule has 0 aliphatic heterocycles. The van der Waals surface area contributed by atoms with E-state index in [1.807, 2.05) is 0 Å². The summed E-state index contributed by atoms with van der Waals surface area (Å²) in [6.07, 6.45) is 2.81. The van der Waals surface area contributed by atoms with Crippen molar-refractivity contribution in [3.8, 4) is 0 Å². The van der Waals surface area contributed by atoms with E-state index in [4.69, 9.17) is 21.6 Å². The Morgan fingerprint density at radius 3 is 2.74 bits per heavy atom. The van der Waals surface area contributed by atoms with E-state index >= 15 is 0 Å². The highest BCUT2D eigenvalue weighted by atomic mass is 19.1. The van der Waals surface area contributed by atoms with Crippen molar-refractivity contribution in [3.63, 3.8) is 0 Å². The average molecular weight is 269 g/mol. The molecule has 0 saturated heterocycles. The van der Waals surface area contributed by atoms with Crippen molar-refractivity contribution in [2.75, 3.05) is 12.8 Å². The lowest BCUT2D eigenvalue weighted by molar-refractivity contribution is -0.113. The number of halogens is 1. The zero-order valence-electron chi connectivity index (χ0n) is 10.7. The monoisotopic (exact) mass is 269 g/mol. The number of anilines is 1. The average Bonchev–Trinajstić information content (AvgIpc) is 2.67. The fourth-order valence-corrected chi connectivity index (χ4v) is 1.68. The second kappa shape index (κ2) is 5.98. The Hall–Kier alpha value is -2.38. The number of nitrogens with one attached hydrogen (secondary N) is 1. The minimum absolute atomic E-state index is 0.110. The topological polar surface area (TPSA) is 120 Å². The molecule has 0 bridgehead atoms. The molecule has 1 aromatic rings. The molecule has 104 valence electrons. The van der Waals surface area contributed by atoms with Crippen LogP contribution in [0.5, 0.6) is 0 Å². The summed E-state index contributed by atoms with van der Waals surface area (Å²) in [6.45, 7) is 1.79. The van der Waals surface area contributed by atoms with Crippen molar-refractivity contribution >= 4 is 17.5 Å². The summed E-state index contributed by atoms with van der Waals surface area (Å²) in [6, 6.07) is -0.563. The summed E-state index contributed by atoms with van der Waals surface area (Å²) >= 11 is 0. The maximum absolute atomic E-state index is 13.2. The molecule has 8 heteroatoms. The number of hydrogen-bond donors (Lipinski definition) is 3. The third-order valence-electron chi connectivity index (χ3n) is 2.54. The number of hydrogen-bond acceptors (Lipinski definition) is 5. The third kappa shape index (κ3) is 3.30. The molecule has 0 spiro atoms. The quantitative estimate of drug-likeness (QED) is 0.411. The molecular formula is C11H16FN5O2. The first-order chi connectivity index (χ1) is 8.90. The Kier molecular flexibility index (Phi) is 4.62. The molecule has 5 N–H and O–H groups in total. The Morgan fingerprint density at radius 2 is 2.37 bits per heavy atom. The van der Waals surface area contributed by atoms with Crippen LogP contribution in [0.4, 0.5) is 10.1 Å². The molecule has 0 radical (unpaired) electrons. The van der Waals surface area contributed by atoms with Crippen molar-refractivity contribution in [1.29, 1.82) is 5.41 Å². The molecule has 1 unspecified atom stereocenters. The van der Waals surface area contributed by atoms with Gasteiger partial charge in [-0.05, 0) is 6.42 Å². The van der Waals surface area contributed by atoms with E-state index in [9.17, 15) is 9.18 Å². The standard InChI is InChI=1S/C11H16FN5O2/c1-3-8(17-5-7(13)10(12)16-17)6(4-9(14)18)11(15)19-2/h4-5,8,15H,3,13H2,1-2H3,(H2,14,18)/b6-4-,15-11?. The van der Waals surface area contributed by atoms with Gasteiger partial charge in [-0.3, -0.25) is 14.9 Å². The number of amides is 1. The number of carbonyl (C=O) groups is 1. The van der Waals surface area contributed by atoms with Gasteiger partial charge in [-0.2, -0.15) is 4.39 Å². The SMILES string of the molecule is CCC(/C(=C/C(N)=O)C(=N)OC)n1cc(N)c(F)n1. The van der Waals surface area contributed by atoms with Crippen LogP contribution in [-0.4, -0.2) is 28.7 Å². The van der Waals surface area contributed by atoms with Gasteiger partial charge in [0, 0.05) is 11.6 Å². The van der Waals surface area contributed by atoms with Crippen LogP contribution in [0, 0.1) is 11.4 Å². The number of carbonyl (C=O) groups excluding carboxylic acids is 1. The van der Waals surface area contributed by atoms with Crippen molar-refractivity contribution in [3.05, 3.63) is 23.8 Å². The summed E-state index contributed by atoms with van der Waals surface area (Å²) < 4.78 is 19.2. The van der Waals surface area contributed by atoms with Crippen molar-refractivity contribution < 1.29 is 13.9 Å². The molecule has 1 aromatic heterocycles. The van der Waals surface area contributed by atoms with Gasteiger partial charge >= 0.3 is 0 Å². The summed E-state index contributed by atoms with van der Waals surface area (Å²) in [5, 5.41) is 11.3. The van der Waals surface area contributed by atoms with Gasteiger partial charge in [-0.25, -0.2) is 0 Å². The van der Waals surface area contributed by atoms with E-state index in [0.717, 1.165) is 6.08 Å². The van der Waals surface area contributed by atoms with Gasteiger partial charge in [0.2, 0.25) is 11.8 Å². The third-order valence-corrected chi connectivity index (χ3v) is 2.54. The number of nitrogens with zero attached hydrogens (tertiary/aromatic N) is 2. The number of rotatable bonds is 5. The molecule has 19 heavy (non-hydrogen) atoms. The first kappa shape index (κ1) is 14.7. The Balaban J connectivity index is 3.24. The number of aromatic nitrogens is 2. The summed E-state index contributed by atoms with van der Waals surface area (Å²) in [5.74, 6) is -1.77. The van der Waals surface area contributed by atoms with E-state index in [-0.39, 0.29) is 17.2 Å². The molecule has 0 aliphatic rings. The van der Waals surface area contributed by atoms with Crippen LogP contribution in [0.15, 0.2) is 17.8 Å². The first-order valence-corrected chi connectivity index (χ1v) is 5.54. The van der Waals surface area contributed by atoms with Crippen molar-refractivity contribution in [1.82, 2.24) is 9.78 Å². The van der Waals surface area contributed by atoms with Crippen LogP contribution in [0.2, 0.25) is 0 Å². The number of methoxy groups -OCH3 is 1. The maximum atomic E-state index is 13.2. The van der Waals surface area contributed by atoms with E-state index < -0.39 is 17.9 Å². The van der Waals surface area contributed by atoms with Gasteiger partial charge in [0.1, 0.15) is 5.69 Å². The predicted molar refractivity (Wildman–Crippen MR) is 67.9 cm³/mol. The van der Waals surface area contributed by atoms with Gasteiger partial charge in [0.25, 0.3) is 5.95 Å². The minimum Gasteiger partial charge on any atom is -0.481 e. The molecule has 7 nitrogen and oxygen atoms in total. The highest BCUT2D eigenvalue weighted by molar-refractivity contribution is 5.99. The largest absolute Gasteiger partial charge is 0.481 e. The van der Waals surface area contributed by atoms with E-state index in [1.54, 1.807) is 6.92 Å². The molecule has 0 aliphatic carbocycles. The molecule has 0 saturated carbocycles. The Morgan fingerprint density at radius 1 is 1.74 bits per heavy atom. The number of nitrogens with two attached hydrogens (primary N) is 2. The normalized spacial score (nSPS) is 13.1. The van der Waals surface area contributed by atoms with Gasteiger partial charge in [0.15, 0.2) is 0 Å². The van der Waals surface area contributed by atoms with E-state index in [2.05, 4.69) is 5.10 Å². The number of nitrogen functional groups attached to an aromatic ring is 1. The molecule has 1 heterocycles. The molecule has 1 atom stereocenters. The first-order valence-electron chi connectivity index (χ1n) is 5.54. The van der Waals surface area contributed by atoms with Crippen LogP contribution in [0.25, 0.3) is 0 Å². The van der Waals surface area contributed by atoms with Crippen LogP contribution >= 0.6 is 0 Å². The van der Waals surface area contributed by atoms with Gasteiger partial charge in [0.05, 0.1) is 19.3 Å². The summed E-state index contributed by atoms with van der Waals surface area (Å²) in [4.78, 5) is 11.0. The number of primary amides is 1. The Bertz CT molecular complexity index is 504. The second-order valence-corrected chi connectivity index (χ2v) is 3.81. The van der Waals surface area contributed by atoms with E-state index in [1.165, 1.54) is 18.0 Å². The van der Waals surface area contributed by atoms with Crippen LogP contribution < -0.4 is 11.5 Å². The minimum atomic E-state index is -0.805. The van der Waals surface area contributed by atoms with Crippen molar-refractivity contribution in [2.24, 2.45) is 5.73 Å². The highest BCUT2D eigenvalue weighted by Crippen LogP contribution is 2.24. The fraction of sp³-hybridized carbons (Fsp3) is 0.364. The lowest BCUT2D eigenvalue weighted by atomic mass is 10.0. The van der Waals surface area contributed by atoms with E-state index in [0.29, 0.717) is 6.42 Å². The molecular weight excluding hydrogens is 253 g/mol. The number of ether oxygens (including phenoxy) is 1. The Labute approximate surface area is 109 Å².